The van der Waals surface area contributed by atoms with Gasteiger partial charge in [-0.1, -0.05) is 6.92 Å². The summed E-state index contributed by atoms with van der Waals surface area (Å²) in [6.07, 6.45) is 0. The van der Waals surface area contributed by atoms with Crippen molar-refractivity contribution < 1.29 is 17.9 Å². The number of hydrogen-bond donors (Lipinski definition) is 0. The Morgan fingerprint density at radius 1 is 1.56 bits per heavy atom. The molecule has 0 N–H and O–H groups in total. The largest absolute Gasteiger partial charge is 0.468 e. The highest BCUT2D eigenvalue weighted by atomic mass is 32.2. The highest BCUT2D eigenvalue weighted by Crippen LogP contribution is 2.21. The summed E-state index contributed by atoms with van der Waals surface area (Å²) in [5.41, 5.74) is 0. The van der Waals surface area contributed by atoms with Crippen molar-refractivity contribution in [2.24, 2.45) is 0 Å². The Morgan fingerprint density at radius 3 is 2.81 bits per heavy atom. The number of sulfone groups is 1. The van der Waals surface area contributed by atoms with Crippen LogP contribution in [0, 0.1) is 0 Å². The fraction of sp³-hybridized carbons (Fsp3) is 0.889. The molecule has 1 heterocycles. The van der Waals surface area contributed by atoms with E-state index in [0.29, 0.717) is 12.3 Å². The molecule has 1 saturated heterocycles. The molecule has 1 aliphatic heterocycles. The summed E-state index contributed by atoms with van der Waals surface area (Å²) in [7, 11) is -1.82. The first-order valence-electron chi connectivity index (χ1n) is 5.11. The zero-order valence-corrected chi connectivity index (χ0v) is 11.1. The third-order valence-corrected chi connectivity index (χ3v) is 5.90. The van der Waals surface area contributed by atoms with Crippen molar-refractivity contribution in [1.82, 2.24) is 4.90 Å². The van der Waals surface area contributed by atoms with Crippen molar-refractivity contribution in [1.29, 1.82) is 0 Å². The Kier molecular flexibility index (Phi) is 5.07. The number of esters is 1. The highest BCUT2D eigenvalue weighted by Gasteiger charge is 2.33. The number of carbonyl (C=O) groups is 1. The van der Waals surface area contributed by atoms with Gasteiger partial charge in [0, 0.05) is 23.8 Å². The zero-order chi connectivity index (χ0) is 12.2. The Labute approximate surface area is 100 Å². The van der Waals surface area contributed by atoms with Crippen molar-refractivity contribution >= 4 is 27.6 Å². The lowest BCUT2D eigenvalue weighted by molar-refractivity contribution is -0.142. The fourth-order valence-corrected chi connectivity index (χ4v) is 4.63. The van der Waals surface area contributed by atoms with Crippen LogP contribution in [0.25, 0.3) is 0 Å². The van der Waals surface area contributed by atoms with E-state index in [4.69, 9.17) is 0 Å². The van der Waals surface area contributed by atoms with Crippen LogP contribution < -0.4 is 0 Å². The molecule has 1 aliphatic rings. The lowest BCUT2D eigenvalue weighted by Crippen LogP contribution is -2.49. The summed E-state index contributed by atoms with van der Waals surface area (Å²) in [5.74, 6) is 1.11. The Balaban J connectivity index is 2.75. The minimum absolute atomic E-state index is 0.0565. The van der Waals surface area contributed by atoms with E-state index in [-0.39, 0.29) is 18.3 Å². The average Bonchev–Trinajstić information content (AvgIpc) is 2.29. The molecule has 1 rings (SSSR count). The monoisotopic (exact) mass is 267 g/mol. The third-order valence-electron chi connectivity index (χ3n) is 2.57. The molecular weight excluding hydrogens is 250 g/mol. The maximum Gasteiger partial charge on any atom is 0.319 e. The smallest absolute Gasteiger partial charge is 0.319 e. The van der Waals surface area contributed by atoms with E-state index >= 15 is 0 Å². The molecule has 0 bridgehead atoms. The summed E-state index contributed by atoms with van der Waals surface area (Å²) >= 11 is 1.61. The quantitative estimate of drug-likeness (QED) is 0.667. The molecule has 16 heavy (non-hydrogen) atoms. The summed E-state index contributed by atoms with van der Waals surface area (Å²) in [4.78, 5) is 12.9. The van der Waals surface area contributed by atoms with Crippen LogP contribution in [-0.2, 0) is 19.4 Å². The zero-order valence-electron chi connectivity index (χ0n) is 9.51. The first-order valence-corrected chi connectivity index (χ1v) is 7.98. The van der Waals surface area contributed by atoms with Gasteiger partial charge < -0.3 is 4.74 Å². The van der Waals surface area contributed by atoms with E-state index in [2.05, 4.69) is 4.74 Å². The summed E-state index contributed by atoms with van der Waals surface area (Å²) < 4.78 is 28.2. The normalized spacial score (nSPS) is 23.0. The summed E-state index contributed by atoms with van der Waals surface area (Å²) in [6, 6.07) is 0. The van der Waals surface area contributed by atoms with Crippen LogP contribution in [0.2, 0.25) is 0 Å². The van der Waals surface area contributed by atoms with Gasteiger partial charge in [0.15, 0.2) is 9.84 Å². The van der Waals surface area contributed by atoms with E-state index < -0.39 is 15.2 Å². The topological polar surface area (TPSA) is 63.7 Å². The third kappa shape index (κ3) is 3.36. The van der Waals surface area contributed by atoms with E-state index in [1.54, 1.807) is 23.6 Å². The lowest BCUT2D eigenvalue weighted by Gasteiger charge is -2.33. The fourth-order valence-electron chi connectivity index (χ4n) is 1.55. The molecular formula is C9H17NO4S2. The van der Waals surface area contributed by atoms with E-state index in [1.807, 2.05) is 0 Å². The molecule has 1 unspecified atom stereocenters. The molecule has 0 spiro atoms. The van der Waals surface area contributed by atoms with Crippen LogP contribution in [0.4, 0.5) is 0 Å². The van der Waals surface area contributed by atoms with Crippen LogP contribution in [-0.4, -0.2) is 62.1 Å². The molecule has 7 heteroatoms. The van der Waals surface area contributed by atoms with Gasteiger partial charge in [-0.05, 0) is 0 Å². The highest BCUT2D eigenvalue weighted by molar-refractivity contribution is 8.01. The molecule has 0 radical (unpaired) electrons. The predicted octanol–water partition coefficient (Wildman–Crippen LogP) is -0.0310. The lowest BCUT2D eigenvalue weighted by atomic mass is 10.4. The number of thioether (sulfide) groups is 1. The standard InChI is InChI=1S/C9H17NO4S2/c1-3-16(12,13)8-7-15-5-4-10(8)6-9(11)14-2/h8H,3-7H2,1-2H3. The van der Waals surface area contributed by atoms with Gasteiger partial charge in [-0.15, -0.1) is 0 Å². The molecule has 1 atom stereocenters. The van der Waals surface area contributed by atoms with Crippen LogP contribution in [0.1, 0.15) is 6.92 Å². The second-order valence-corrected chi connectivity index (χ2v) is 7.12. The van der Waals surface area contributed by atoms with Crippen molar-refractivity contribution in [2.75, 3.05) is 37.5 Å². The Morgan fingerprint density at radius 2 is 2.25 bits per heavy atom. The Hall–Kier alpha value is -0.270. The van der Waals surface area contributed by atoms with Crippen LogP contribution >= 0.6 is 11.8 Å². The van der Waals surface area contributed by atoms with E-state index in [9.17, 15) is 13.2 Å². The molecule has 0 aliphatic carbocycles. The number of nitrogens with zero attached hydrogens (tertiary/aromatic N) is 1. The predicted molar refractivity (Wildman–Crippen MR) is 64.2 cm³/mol. The van der Waals surface area contributed by atoms with Crippen LogP contribution in [0.15, 0.2) is 0 Å². The van der Waals surface area contributed by atoms with Crippen LogP contribution in [0.3, 0.4) is 0 Å². The van der Waals surface area contributed by atoms with E-state index in [0.717, 1.165) is 5.75 Å². The Bertz CT molecular complexity index is 341. The molecule has 0 saturated carbocycles. The van der Waals surface area contributed by atoms with Gasteiger partial charge in [-0.2, -0.15) is 11.8 Å². The number of hydrogen-bond acceptors (Lipinski definition) is 6. The number of methoxy groups -OCH3 is 1. The van der Waals surface area contributed by atoms with Crippen molar-refractivity contribution in [3.8, 4) is 0 Å². The molecule has 0 amide bonds. The first kappa shape index (κ1) is 13.8. The molecule has 5 nitrogen and oxygen atoms in total. The molecule has 0 aromatic carbocycles. The average molecular weight is 267 g/mol. The number of rotatable bonds is 4. The number of carbonyl (C=O) groups excluding carboxylic acids is 1. The SMILES string of the molecule is CCS(=O)(=O)C1CSCCN1CC(=O)OC. The van der Waals surface area contributed by atoms with Gasteiger partial charge in [0.05, 0.1) is 13.7 Å². The number of ether oxygens (including phenoxy) is 1. The van der Waals surface area contributed by atoms with Crippen LogP contribution in [0.5, 0.6) is 0 Å². The second-order valence-electron chi connectivity index (χ2n) is 3.53. The first-order chi connectivity index (χ1) is 7.51. The van der Waals surface area contributed by atoms with Gasteiger partial charge >= 0.3 is 5.97 Å². The van der Waals surface area contributed by atoms with Gasteiger partial charge in [-0.25, -0.2) is 8.42 Å². The van der Waals surface area contributed by atoms with Crippen molar-refractivity contribution in [3.63, 3.8) is 0 Å². The van der Waals surface area contributed by atoms with Gasteiger partial charge in [0.2, 0.25) is 0 Å². The minimum Gasteiger partial charge on any atom is -0.468 e. The molecule has 0 aromatic rings. The maximum absolute atomic E-state index is 11.8. The molecule has 94 valence electrons. The maximum atomic E-state index is 11.8. The molecule has 1 fully saturated rings. The van der Waals surface area contributed by atoms with Crippen molar-refractivity contribution in [3.05, 3.63) is 0 Å². The summed E-state index contributed by atoms with van der Waals surface area (Å²) in [5, 5.41) is -0.546. The van der Waals surface area contributed by atoms with Crippen molar-refractivity contribution in [2.45, 2.75) is 12.3 Å². The molecule has 0 aromatic heterocycles. The van der Waals surface area contributed by atoms with Gasteiger partial charge in [0.25, 0.3) is 0 Å². The second kappa shape index (κ2) is 5.88. The van der Waals surface area contributed by atoms with Gasteiger partial charge in [0.1, 0.15) is 5.37 Å². The summed E-state index contributed by atoms with van der Waals surface area (Å²) in [6.45, 7) is 2.30. The van der Waals surface area contributed by atoms with Gasteiger partial charge in [-0.3, -0.25) is 9.69 Å². The van der Waals surface area contributed by atoms with E-state index in [1.165, 1.54) is 7.11 Å². The minimum atomic E-state index is -3.13.